The van der Waals surface area contributed by atoms with Gasteiger partial charge < -0.3 is 5.32 Å². The maximum absolute atomic E-state index is 9.43. The van der Waals surface area contributed by atoms with Gasteiger partial charge in [-0.25, -0.2) is 4.98 Å². The zero-order chi connectivity index (χ0) is 17.8. The Morgan fingerprint density at radius 2 is 1.92 bits per heavy atom. The number of halogens is 3. The van der Waals surface area contributed by atoms with Gasteiger partial charge in [-0.3, -0.25) is 0 Å². The summed E-state index contributed by atoms with van der Waals surface area (Å²) in [7, 11) is 0. The van der Waals surface area contributed by atoms with Crippen LogP contribution in [0.2, 0.25) is 10.0 Å². The summed E-state index contributed by atoms with van der Waals surface area (Å²) in [6.45, 7) is 0. The van der Waals surface area contributed by atoms with E-state index in [4.69, 9.17) is 23.2 Å². The van der Waals surface area contributed by atoms with Crippen LogP contribution >= 0.6 is 50.5 Å². The molecule has 3 rings (SSSR count). The second-order valence-corrected chi connectivity index (χ2v) is 7.58. The lowest BCUT2D eigenvalue weighted by atomic mass is 10.2. The SMILES string of the molecule is N#C/C(=C/Nc1ccc(Cl)c(Cl)c1)c1nc(-c2ccc(Br)cc2)cs1. The van der Waals surface area contributed by atoms with Crippen LogP contribution in [0.4, 0.5) is 5.69 Å². The molecule has 25 heavy (non-hydrogen) atoms. The van der Waals surface area contributed by atoms with Crippen molar-refractivity contribution in [2.24, 2.45) is 0 Å². The molecule has 1 heterocycles. The van der Waals surface area contributed by atoms with E-state index >= 15 is 0 Å². The van der Waals surface area contributed by atoms with Crippen LogP contribution in [0.25, 0.3) is 16.8 Å². The van der Waals surface area contributed by atoms with Crippen LogP contribution in [0.1, 0.15) is 5.01 Å². The van der Waals surface area contributed by atoms with Crippen molar-refractivity contribution in [3.05, 3.63) is 73.6 Å². The summed E-state index contributed by atoms with van der Waals surface area (Å²) in [5.41, 5.74) is 3.02. The summed E-state index contributed by atoms with van der Waals surface area (Å²) < 4.78 is 1.01. The van der Waals surface area contributed by atoms with E-state index in [1.807, 2.05) is 29.6 Å². The third-order valence-electron chi connectivity index (χ3n) is 3.30. The van der Waals surface area contributed by atoms with Gasteiger partial charge in [0.25, 0.3) is 0 Å². The molecule has 0 amide bonds. The number of thiazole rings is 1. The molecule has 0 aliphatic rings. The Kier molecular flexibility index (Phi) is 5.77. The Hall–Kier alpha value is -1.84. The molecule has 0 aliphatic heterocycles. The van der Waals surface area contributed by atoms with E-state index in [0.29, 0.717) is 20.6 Å². The highest BCUT2D eigenvalue weighted by molar-refractivity contribution is 9.10. The van der Waals surface area contributed by atoms with Crippen molar-refractivity contribution in [1.29, 1.82) is 5.26 Å². The molecule has 0 bridgehead atoms. The number of aromatic nitrogens is 1. The van der Waals surface area contributed by atoms with E-state index in [9.17, 15) is 5.26 Å². The summed E-state index contributed by atoms with van der Waals surface area (Å²) in [4.78, 5) is 4.55. The number of hydrogen-bond acceptors (Lipinski definition) is 4. The maximum atomic E-state index is 9.43. The van der Waals surface area contributed by atoms with Gasteiger partial charge in [0.15, 0.2) is 0 Å². The van der Waals surface area contributed by atoms with E-state index in [-0.39, 0.29) is 0 Å². The normalized spacial score (nSPS) is 11.2. The molecule has 0 radical (unpaired) electrons. The van der Waals surface area contributed by atoms with Gasteiger partial charge in [0.2, 0.25) is 0 Å². The molecule has 1 aromatic heterocycles. The minimum atomic E-state index is 0.444. The number of rotatable bonds is 4. The topological polar surface area (TPSA) is 48.7 Å². The van der Waals surface area contributed by atoms with Gasteiger partial charge in [-0.05, 0) is 30.3 Å². The largest absolute Gasteiger partial charge is 0.360 e. The number of anilines is 1. The molecule has 124 valence electrons. The molecule has 0 spiro atoms. The van der Waals surface area contributed by atoms with Crippen molar-refractivity contribution in [2.75, 3.05) is 5.32 Å². The minimum Gasteiger partial charge on any atom is -0.360 e. The van der Waals surface area contributed by atoms with Crippen LogP contribution < -0.4 is 5.32 Å². The molecule has 0 fully saturated rings. The van der Waals surface area contributed by atoms with Crippen LogP contribution in [-0.4, -0.2) is 4.98 Å². The van der Waals surface area contributed by atoms with Crippen molar-refractivity contribution in [3.8, 4) is 17.3 Å². The van der Waals surface area contributed by atoms with E-state index in [1.165, 1.54) is 11.3 Å². The lowest BCUT2D eigenvalue weighted by Crippen LogP contribution is -1.91. The van der Waals surface area contributed by atoms with Gasteiger partial charge in [0.05, 0.1) is 15.7 Å². The van der Waals surface area contributed by atoms with Gasteiger partial charge in [-0.15, -0.1) is 11.3 Å². The first-order chi connectivity index (χ1) is 12.1. The second kappa shape index (κ2) is 8.03. The highest BCUT2D eigenvalue weighted by Crippen LogP contribution is 2.28. The number of benzene rings is 2. The standard InChI is InChI=1S/C18H10BrCl2N3S/c19-13-3-1-11(2-4-13)17-10-25-18(24-17)12(8-22)9-23-14-5-6-15(20)16(21)7-14/h1-7,9-10,23H/b12-9-. The van der Waals surface area contributed by atoms with Gasteiger partial charge in [-0.2, -0.15) is 5.26 Å². The third-order valence-corrected chi connectivity index (χ3v) is 5.44. The molecule has 0 unspecified atom stereocenters. The van der Waals surface area contributed by atoms with Crippen molar-refractivity contribution in [1.82, 2.24) is 4.98 Å². The second-order valence-electron chi connectivity index (χ2n) is 4.99. The van der Waals surface area contributed by atoms with Crippen LogP contribution in [0.15, 0.2) is 58.5 Å². The Morgan fingerprint density at radius 3 is 2.60 bits per heavy atom. The van der Waals surface area contributed by atoms with Crippen molar-refractivity contribution < 1.29 is 0 Å². The summed E-state index contributed by atoms with van der Waals surface area (Å²) in [5, 5.41) is 16.0. The van der Waals surface area contributed by atoms with E-state index in [2.05, 4.69) is 32.3 Å². The van der Waals surface area contributed by atoms with E-state index in [0.717, 1.165) is 21.4 Å². The summed E-state index contributed by atoms with van der Waals surface area (Å²) in [6, 6.07) is 15.2. The summed E-state index contributed by atoms with van der Waals surface area (Å²) >= 11 is 16.7. The fourth-order valence-electron chi connectivity index (χ4n) is 2.03. The molecule has 3 aromatic rings. The highest BCUT2D eigenvalue weighted by atomic mass is 79.9. The predicted molar refractivity (Wildman–Crippen MR) is 109 cm³/mol. The van der Waals surface area contributed by atoms with Crippen molar-refractivity contribution >= 4 is 61.7 Å². The fraction of sp³-hybridized carbons (Fsp3) is 0. The predicted octanol–water partition coefficient (Wildman–Crippen LogP) is 6.86. The number of nitriles is 1. The quantitative estimate of drug-likeness (QED) is 0.441. The molecule has 0 atom stereocenters. The van der Waals surface area contributed by atoms with Crippen molar-refractivity contribution in [2.45, 2.75) is 0 Å². The number of hydrogen-bond donors (Lipinski definition) is 1. The van der Waals surface area contributed by atoms with E-state index in [1.54, 1.807) is 24.4 Å². The van der Waals surface area contributed by atoms with Gasteiger partial charge >= 0.3 is 0 Å². The molecule has 7 heteroatoms. The zero-order valence-corrected chi connectivity index (χ0v) is 16.5. The van der Waals surface area contributed by atoms with Crippen LogP contribution in [-0.2, 0) is 0 Å². The average molecular weight is 451 g/mol. The molecular weight excluding hydrogens is 441 g/mol. The Labute approximate surface area is 167 Å². The fourth-order valence-corrected chi connectivity index (χ4v) is 3.39. The third kappa shape index (κ3) is 4.42. The first-order valence-electron chi connectivity index (χ1n) is 7.10. The smallest absolute Gasteiger partial charge is 0.136 e. The monoisotopic (exact) mass is 449 g/mol. The highest BCUT2D eigenvalue weighted by Gasteiger charge is 2.09. The number of nitrogens with zero attached hydrogens (tertiary/aromatic N) is 2. The van der Waals surface area contributed by atoms with Crippen LogP contribution in [0.3, 0.4) is 0 Å². The Morgan fingerprint density at radius 1 is 1.16 bits per heavy atom. The lowest BCUT2D eigenvalue weighted by molar-refractivity contribution is 1.36. The van der Waals surface area contributed by atoms with Crippen molar-refractivity contribution in [3.63, 3.8) is 0 Å². The maximum Gasteiger partial charge on any atom is 0.136 e. The minimum absolute atomic E-state index is 0.444. The molecule has 0 saturated heterocycles. The molecule has 3 nitrogen and oxygen atoms in total. The first-order valence-corrected chi connectivity index (χ1v) is 9.53. The van der Waals surface area contributed by atoms with Gasteiger partial charge in [0, 0.05) is 27.3 Å². The lowest BCUT2D eigenvalue weighted by Gasteiger charge is -2.03. The molecular formula is C18H10BrCl2N3S. The molecule has 2 aromatic carbocycles. The van der Waals surface area contributed by atoms with Gasteiger partial charge in [0.1, 0.15) is 16.6 Å². The molecule has 0 aliphatic carbocycles. The summed E-state index contributed by atoms with van der Waals surface area (Å²) in [6.07, 6.45) is 1.61. The molecule has 1 N–H and O–H groups in total. The molecule has 0 saturated carbocycles. The number of allylic oxidation sites excluding steroid dienone is 1. The zero-order valence-electron chi connectivity index (χ0n) is 12.6. The van der Waals surface area contributed by atoms with Gasteiger partial charge in [-0.1, -0.05) is 51.3 Å². The Balaban J connectivity index is 1.82. The van der Waals surface area contributed by atoms with Crippen LogP contribution in [0.5, 0.6) is 0 Å². The number of nitrogens with one attached hydrogen (secondary N) is 1. The Bertz CT molecular complexity index is 975. The van der Waals surface area contributed by atoms with E-state index < -0.39 is 0 Å². The summed E-state index contributed by atoms with van der Waals surface area (Å²) in [5.74, 6) is 0. The average Bonchev–Trinajstić information content (AvgIpc) is 3.09. The van der Waals surface area contributed by atoms with Crippen LogP contribution in [0, 0.1) is 11.3 Å². The first kappa shape index (κ1) is 18.0.